The topological polar surface area (TPSA) is 148 Å². The molecule has 4 heterocycles. The molecule has 0 radical (unpaired) electrons. The van der Waals surface area contributed by atoms with E-state index in [-0.39, 0.29) is 25.5 Å². The maximum atomic E-state index is 13.6. The smallest absolute Gasteiger partial charge is 0.311 e. The van der Waals surface area contributed by atoms with E-state index in [4.69, 9.17) is 52.2 Å². The number of nitrogens with zero attached hydrogens (tertiary/aromatic N) is 1. The van der Waals surface area contributed by atoms with Crippen molar-refractivity contribution in [3.63, 3.8) is 0 Å². The lowest BCUT2D eigenvalue weighted by Gasteiger charge is -2.50. The Kier molecular flexibility index (Phi) is 12.1. The first-order valence-electron chi connectivity index (χ1n) is 18.5. The number of esters is 2. The van der Waals surface area contributed by atoms with Crippen LogP contribution in [-0.2, 0) is 57.1 Å². The van der Waals surface area contributed by atoms with Crippen LogP contribution < -0.4 is 4.74 Å². The number of hydrogen-bond acceptors (Lipinski definition) is 14. The Labute approximate surface area is 319 Å². The van der Waals surface area contributed by atoms with E-state index in [1.165, 1.54) is 6.92 Å². The van der Waals surface area contributed by atoms with Gasteiger partial charge in [0.2, 0.25) is 12.6 Å². The van der Waals surface area contributed by atoms with Gasteiger partial charge in [0, 0.05) is 18.1 Å². The molecule has 7 rings (SSSR count). The van der Waals surface area contributed by atoms with E-state index in [0.29, 0.717) is 5.75 Å². The van der Waals surface area contributed by atoms with Crippen LogP contribution in [0.2, 0.25) is 0 Å². The van der Waals surface area contributed by atoms with E-state index < -0.39 is 85.2 Å². The van der Waals surface area contributed by atoms with Crippen molar-refractivity contribution in [3.05, 3.63) is 102 Å². The van der Waals surface area contributed by atoms with Crippen LogP contribution in [0.4, 0.5) is 0 Å². The Morgan fingerprint density at radius 2 is 1.29 bits per heavy atom. The number of hydrogen-bond donors (Lipinski definition) is 0. The highest BCUT2D eigenvalue weighted by Gasteiger charge is 2.58. The summed E-state index contributed by atoms with van der Waals surface area (Å²) >= 11 is 0. The molecule has 0 aromatic heterocycles. The van der Waals surface area contributed by atoms with Crippen LogP contribution in [-0.4, -0.2) is 92.8 Å². The van der Waals surface area contributed by atoms with E-state index in [1.807, 2.05) is 78.9 Å². The molecular formula is C41H47NO13. The van der Waals surface area contributed by atoms with E-state index >= 15 is 0 Å². The second kappa shape index (κ2) is 17.2. The lowest BCUT2D eigenvalue weighted by molar-refractivity contribution is -0.373. The lowest BCUT2D eigenvalue weighted by atomic mass is 9.94. The van der Waals surface area contributed by atoms with Crippen molar-refractivity contribution in [2.45, 2.75) is 103 Å². The Bertz CT molecular complexity index is 1750. The molecule has 55 heavy (non-hydrogen) atoms. The molecule has 0 unspecified atom stereocenters. The molecular weight excluding hydrogens is 714 g/mol. The lowest BCUT2D eigenvalue weighted by Crippen LogP contribution is -2.67. The maximum Gasteiger partial charge on any atom is 0.311 e. The average molecular weight is 762 g/mol. The molecule has 3 aromatic carbocycles. The van der Waals surface area contributed by atoms with E-state index in [0.717, 1.165) is 11.1 Å². The van der Waals surface area contributed by atoms with Crippen molar-refractivity contribution in [1.82, 2.24) is 0 Å². The molecule has 294 valence electrons. The Balaban J connectivity index is 1.26. The predicted molar refractivity (Wildman–Crippen MR) is 193 cm³/mol. The SMILES string of the molecule is CCO/N=C1\[C@@H](O[C@@H]2[C@@H](OC(C)=O)[C@@H](Oc3ccccc3)O[C@@H]3CO[C@@H](c4ccccc4)O[C@@H]23)O[C@@H]2CO[C@@H](c3ccccc3)O[C@H]2[C@@H]1OC(=O)C(C)(C)C. The second-order valence-electron chi connectivity index (χ2n) is 14.5. The highest BCUT2D eigenvalue weighted by molar-refractivity contribution is 5.94. The van der Waals surface area contributed by atoms with Gasteiger partial charge >= 0.3 is 11.9 Å². The van der Waals surface area contributed by atoms with Gasteiger partial charge in [0.15, 0.2) is 30.5 Å². The van der Waals surface area contributed by atoms with Crippen molar-refractivity contribution in [1.29, 1.82) is 0 Å². The quantitative estimate of drug-likeness (QED) is 0.192. The fraction of sp³-hybridized carbons (Fsp3) is 0.488. The highest BCUT2D eigenvalue weighted by atomic mass is 16.8. The Hall–Kier alpha value is -4.41. The molecule has 0 spiro atoms. The summed E-state index contributed by atoms with van der Waals surface area (Å²) in [5.41, 5.74) is 0.741. The second-order valence-corrected chi connectivity index (χ2v) is 14.5. The molecule has 14 nitrogen and oxygen atoms in total. The zero-order valence-corrected chi connectivity index (χ0v) is 31.4. The molecule has 0 bridgehead atoms. The van der Waals surface area contributed by atoms with Gasteiger partial charge in [-0.15, -0.1) is 0 Å². The van der Waals surface area contributed by atoms with Crippen LogP contribution in [0, 0.1) is 5.41 Å². The summed E-state index contributed by atoms with van der Waals surface area (Å²) in [6, 6.07) is 27.8. The number of carbonyl (C=O) groups is 2. The van der Waals surface area contributed by atoms with Gasteiger partial charge in [-0.05, 0) is 39.8 Å². The number of carbonyl (C=O) groups excluding carboxylic acids is 2. The summed E-state index contributed by atoms with van der Waals surface area (Å²) in [5.74, 6) is -0.651. The minimum Gasteiger partial charge on any atom is -0.461 e. The molecule has 0 saturated carbocycles. The van der Waals surface area contributed by atoms with Gasteiger partial charge in [-0.25, -0.2) is 0 Å². The summed E-state index contributed by atoms with van der Waals surface area (Å²) < 4.78 is 63.7. The Morgan fingerprint density at radius 1 is 0.727 bits per heavy atom. The van der Waals surface area contributed by atoms with Crippen LogP contribution >= 0.6 is 0 Å². The van der Waals surface area contributed by atoms with Gasteiger partial charge in [-0.3, -0.25) is 9.59 Å². The number of benzene rings is 3. The molecule has 0 aliphatic carbocycles. The first-order valence-corrected chi connectivity index (χ1v) is 18.5. The highest BCUT2D eigenvalue weighted by Crippen LogP contribution is 2.40. The molecule has 0 N–H and O–H groups in total. The van der Waals surface area contributed by atoms with Gasteiger partial charge in [0.05, 0.1) is 18.6 Å². The van der Waals surface area contributed by atoms with Crippen molar-refractivity contribution in [3.8, 4) is 5.75 Å². The standard InChI is InChI=1S/C41H47NO13/c1-6-47-42-30-33(55-40(44)41(3,4)5)31-28(22-45-36(52-31)25-16-10-7-11-17-25)50-38(30)54-34-32-29(23-46-37(53-32)26-18-12-8-13-19-26)51-39(35(34)48-24(2)43)49-27-20-14-9-15-21-27/h7-21,28-29,31-39H,6,22-23H2,1-5H3/b42-30-/t28-,29-,31-,32-,33-,34+,35-,36-,37-,38-,39+/m1/s1. The third-order valence-electron chi connectivity index (χ3n) is 9.34. The predicted octanol–water partition coefficient (Wildman–Crippen LogP) is 5.41. The summed E-state index contributed by atoms with van der Waals surface area (Å²) in [5, 5.41) is 4.43. The van der Waals surface area contributed by atoms with Crippen LogP contribution in [0.5, 0.6) is 5.75 Å². The van der Waals surface area contributed by atoms with Crippen molar-refractivity contribution in [2.75, 3.05) is 19.8 Å². The largest absolute Gasteiger partial charge is 0.461 e. The van der Waals surface area contributed by atoms with E-state index in [2.05, 4.69) is 5.16 Å². The molecule has 0 amide bonds. The minimum atomic E-state index is -1.34. The fourth-order valence-electron chi connectivity index (χ4n) is 6.67. The molecule has 3 aromatic rings. The minimum absolute atomic E-state index is 0.0585. The fourth-order valence-corrected chi connectivity index (χ4v) is 6.67. The van der Waals surface area contributed by atoms with Crippen molar-refractivity contribution >= 4 is 17.7 Å². The normalized spacial score (nSPS) is 32.7. The van der Waals surface area contributed by atoms with Crippen LogP contribution in [0.15, 0.2) is 96.2 Å². The molecule has 4 saturated heterocycles. The molecule has 4 fully saturated rings. The van der Waals surface area contributed by atoms with Gasteiger partial charge < -0.3 is 52.2 Å². The summed E-state index contributed by atoms with van der Waals surface area (Å²) in [7, 11) is 0. The van der Waals surface area contributed by atoms with E-state index in [1.54, 1.807) is 39.8 Å². The maximum absolute atomic E-state index is 13.6. The van der Waals surface area contributed by atoms with Gasteiger partial charge in [-0.2, -0.15) is 0 Å². The first-order chi connectivity index (χ1) is 26.6. The third-order valence-corrected chi connectivity index (χ3v) is 9.34. The summed E-state index contributed by atoms with van der Waals surface area (Å²) in [6.07, 6.45) is -10.8. The molecule has 4 aliphatic heterocycles. The average Bonchev–Trinajstić information content (AvgIpc) is 3.19. The third kappa shape index (κ3) is 9.02. The zero-order valence-electron chi connectivity index (χ0n) is 31.4. The van der Waals surface area contributed by atoms with Crippen LogP contribution in [0.1, 0.15) is 58.3 Å². The Morgan fingerprint density at radius 3 is 1.85 bits per heavy atom. The first kappa shape index (κ1) is 38.8. The monoisotopic (exact) mass is 761 g/mol. The van der Waals surface area contributed by atoms with Crippen LogP contribution in [0.25, 0.3) is 0 Å². The van der Waals surface area contributed by atoms with Crippen molar-refractivity contribution in [2.24, 2.45) is 10.6 Å². The van der Waals surface area contributed by atoms with Gasteiger partial charge in [0.1, 0.15) is 42.9 Å². The van der Waals surface area contributed by atoms with Gasteiger partial charge in [-0.1, -0.05) is 84.0 Å². The number of oxime groups is 1. The zero-order chi connectivity index (χ0) is 38.5. The van der Waals surface area contributed by atoms with Crippen LogP contribution in [0.3, 0.4) is 0 Å². The number of fused-ring (bicyclic) bond motifs is 2. The molecule has 4 aliphatic rings. The molecule has 14 heteroatoms. The number of ether oxygens (including phenoxy) is 10. The summed E-state index contributed by atoms with van der Waals surface area (Å²) in [4.78, 5) is 32.0. The summed E-state index contributed by atoms with van der Waals surface area (Å²) in [6.45, 7) is 8.64. The van der Waals surface area contributed by atoms with E-state index in [9.17, 15) is 9.59 Å². The number of rotatable bonds is 10. The molecule has 11 atom stereocenters. The number of para-hydroxylation sites is 1. The van der Waals surface area contributed by atoms with Gasteiger partial charge in [0.25, 0.3) is 0 Å². The van der Waals surface area contributed by atoms with Crippen molar-refractivity contribution < 1.29 is 61.8 Å².